The van der Waals surface area contributed by atoms with Crippen molar-refractivity contribution in [1.82, 2.24) is 4.90 Å². The van der Waals surface area contributed by atoms with E-state index in [1.165, 1.54) is 6.20 Å². The minimum atomic E-state index is -4.31. The molecule has 0 radical (unpaired) electrons. The maximum atomic E-state index is 15.0. The van der Waals surface area contributed by atoms with Gasteiger partial charge in [0.1, 0.15) is 17.8 Å². The van der Waals surface area contributed by atoms with Gasteiger partial charge in [-0.15, -0.1) is 0 Å². The summed E-state index contributed by atoms with van der Waals surface area (Å²) in [5, 5.41) is 8.02. The zero-order valence-corrected chi connectivity index (χ0v) is 18.3. The number of nitrogens with zero attached hydrogens (tertiary/aromatic N) is 1. The number of hydrogen-bond donors (Lipinski definition) is 2. The Morgan fingerprint density at radius 3 is 2.59 bits per heavy atom. The summed E-state index contributed by atoms with van der Waals surface area (Å²) in [6, 6.07) is -0.916. The van der Waals surface area contributed by atoms with Crippen molar-refractivity contribution < 1.29 is 41.5 Å². The van der Waals surface area contributed by atoms with Crippen molar-refractivity contribution in [2.24, 2.45) is 17.8 Å². The zero-order chi connectivity index (χ0) is 22.8. The first-order valence-electron chi connectivity index (χ1n) is 11.3. The molecule has 2 aliphatic heterocycles. The van der Waals surface area contributed by atoms with Crippen LogP contribution in [0.5, 0.6) is 0 Å². The molecule has 32 heavy (non-hydrogen) atoms. The van der Waals surface area contributed by atoms with E-state index in [-0.39, 0.29) is 42.7 Å². The van der Waals surface area contributed by atoms with Crippen molar-refractivity contribution in [3.8, 4) is 0 Å². The highest BCUT2D eigenvalue weighted by Gasteiger charge is 2.61. The van der Waals surface area contributed by atoms with Gasteiger partial charge in [0.15, 0.2) is 12.6 Å². The van der Waals surface area contributed by atoms with Crippen LogP contribution < -0.4 is 0 Å². The Labute approximate surface area is 185 Å². The first-order valence-corrected chi connectivity index (χ1v) is 12.8. The van der Waals surface area contributed by atoms with Gasteiger partial charge < -0.3 is 19.5 Å². The number of ketones is 1. The number of halogens is 1. The molecule has 178 valence electrons. The molecule has 5 rings (SSSR count). The largest absolute Gasteiger partial charge is 0.435 e. The molecule has 0 aromatic rings. The van der Waals surface area contributed by atoms with Crippen LogP contribution in [0.2, 0.25) is 0 Å². The fourth-order valence-corrected chi connectivity index (χ4v) is 8.22. The number of Topliss-reactive ketones (excluding diaryl/α,β-unsaturated/α-hetero) is 1. The molecular weight excluding hydrogens is 445 g/mol. The molecule has 9 atom stereocenters. The van der Waals surface area contributed by atoms with Crippen LogP contribution in [0, 0.1) is 17.8 Å². The molecule has 3 saturated carbocycles. The van der Waals surface area contributed by atoms with Gasteiger partial charge in [0.2, 0.25) is 0 Å². The predicted molar refractivity (Wildman–Crippen MR) is 107 cm³/mol. The van der Waals surface area contributed by atoms with Gasteiger partial charge in [-0.2, -0.15) is 8.42 Å². The fraction of sp³-hybridized carbons (Fsp3) is 0.810. The predicted octanol–water partition coefficient (Wildman–Crippen LogP) is 0.967. The molecule has 9 nitrogen and oxygen atoms in total. The van der Waals surface area contributed by atoms with Crippen molar-refractivity contribution in [2.75, 3.05) is 6.79 Å². The molecule has 0 spiro atoms. The Morgan fingerprint density at radius 2 is 1.91 bits per heavy atom. The minimum absolute atomic E-state index is 0.0416. The molecule has 0 bridgehead atoms. The fourth-order valence-electron chi connectivity index (χ4n) is 7.01. The summed E-state index contributed by atoms with van der Waals surface area (Å²) < 4.78 is 60.2. The zero-order valence-electron chi connectivity index (χ0n) is 17.5. The highest BCUT2D eigenvalue weighted by atomic mass is 32.2. The highest BCUT2D eigenvalue weighted by Crippen LogP contribution is 2.52. The normalized spacial score (nSPS) is 43.5. The third-order valence-corrected chi connectivity index (χ3v) is 9.50. The number of morpholine rings is 1. The lowest BCUT2D eigenvalue weighted by Crippen LogP contribution is -2.72. The summed E-state index contributed by atoms with van der Waals surface area (Å²) in [4.78, 5) is 27.4. The first-order chi connectivity index (χ1) is 15.2. The number of carbonyl (C=O) groups excluding carboxylic acids is 2. The monoisotopic (exact) mass is 473 g/mol. The van der Waals surface area contributed by atoms with Crippen LogP contribution >= 0.6 is 0 Å². The van der Waals surface area contributed by atoms with Gasteiger partial charge in [-0.1, -0.05) is 12.8 Å². The second kappa shape index (κ2) is 8.03. The summed E-state index contributed by atoms with van der Waals surface area (Å²) in [6.07, 6.45) is 2.05. The van der Waals surface area contributed by atoms with Crippen LogP contribution in [-0.4, -0.2) is 77.2 Å². The highest BCUT2D eigenvalue weighted by molar-refractivity contribution is 7.86. The summed E-state index contributed by atoms with van der Waals surface area (Å²) in [5.74, 6) is -2.42. The number of aliphatic hydroxyl groups is 1. The number of carbonyl (C=O) groups is 2. The Bertz CT molecular complexity index is 938. The molecule has 11 heteroatoms. The lowest BCUT2D eigenvalue weighted by atomic mass is 9.63. The van der Waals surface area contributed by atoms with E-state index >= 15 is 0 Å². The van der Waals surface area contributed by atoms with Crippen molar-refractivity contribution in [1.29, 1.82) is 0 Å². The topological polar surface area (TPSA) is 130 Å². The number of fused-ring (bicyclic) bond motifs is 4. The Kier molecular flexibility index (Phi) is 5.58. The van der Waals surface area contributed by atoms with E-state index in [0.717, 1.165) is 19.3 Å². The molecule has 2 N–H and O–H groups in total. The third kappa shape index (κ3) is 3.39. The smallest absolute Gasteiger partial charge is 0.345 e. The number of rotatable bonds is 3. The minimum Gasteiger partial charge on any atom is -0.435 e. The Morgan fingerprint density at radius 1 is 1.19 bits per heavy atom. The Balaban J connectivity index is 1.59. The van der Waals surface area contributed by atoms with Crippen LogP contribution in [0.25, 0.3) is 0 Å². The maximum Gasteiger partial charge on any atom is 0.345 e. The third-order valence-electron chi connectivity index (χ3n) is 8.19. The second-order valence-corrected chi connectivity index (χ2v) is 11.3. The van der Waals surface area contributed by atoms with Crippen molar-refractivity contribution >= 4 is 21.9 Å². The summed E-state index contributed by atoms with van der Waals surface area (Å²) >= 11 is 0. The molecule has 0 aromatic heterocycles. The van der Waals surface area contributed by atoms with Gasteiger partial charge in [0, 0.05) is 12.1 Å². The maximum absolute atomic E-state index is 15.0. The van der Waals surface area contributed by atoms with Gasteiger partial charge in [-0.25, -0.2) is 9.18 Å². The van der Waals surface area contributed by atoms with E-state index in [9.17, 15) is 27.0 Å². The van der Waals surface area contributed by atoms with E-state index in [4.69, 9.17) is 9.84 Å². The van der Waals surface area contributed by atoms with Crippen molar-refractivity contribution in [3.05, 3.63) is 11.8 Å². The number of alkyl halides is 1. The van der Waals surface area contributed by atoms with Gasteiger partial charge in [0.05, 0.1) is 23.4 Å². The summed E-state index contributed by atoms with van der Waals surface area (Å²) in [5.41, 5.74) is -0.179. The molecule has 9 unspecified atom stereocenters. The molecule has 1 saturated heterocycles. The summed E-state index contributed by atoms with van der Waals surface area (Å²) in [7, 11) is -4.31. The standard InChI is InChI=1S/C21H28FNO8S/c22-14-6-5-12-18-20(14)31-15-7-16(32(27,28)29)10-3-1-2-4-11(10)17(15)23(18)8-13(19(12)25)21(26)30-9-24/h8,10-12,14-18,20,24H,1-7,9H2,(H,27,28,29). The van der Waals surface area contributed by atoms with Crippen LogP contribution in [0.4, 0.5) is 4.39 Å². The second-order valence-electron chi connectivity index (χ2n) is 9.64. The SMILES string of the molecule is O=C(OCO)C1=CN2C3C(CC(S(=O)(=O)O)C4CCCCC43)OC3C(F)CCC(C1=O)C32. The van der Waals surface area contributed by atoms with Gasteiger partial charge in [-0.05, 0) is 43.9 Å². The quantitative estimate of drug-likeness (QED) is 0.266. The number of aliphatic hydroxyl groups excluding tert-OH is 1. The molecule has 4 fully saturated rings. The average Bonchev–Trinajstić information content (AvgIpc) is 2.75. The average molecular weight is 474 g/mol. The number of ether oxygens (including phenoxy) is 2. The van der Waals surface area contributed by atoms with E-state index in [1.54, 1.807) is 0 Å². The first kappa shape index (κ1) is 22.2. The molecule has 2 heterocycles. The van der Waals surface area contributed by atoms with Crippen LogP contribution in [0.15, 0.2) is 11.8 Å². The molecule has 0 amide bonds. The van der Waals surface area contributed by atoms with Crippen LogP contribution in [-0.2, 0) is 29.2 Å². The molecular formula is C21H28FNO8S. The lowest BCUT2D eigenvalue weighted by Gasteiger charge is -2.61. The van der Waals surface area contributed by atoms with Gasteiger partial charge in [0.25, 0.3) is 10.1 Å². The van der Waals surface area contributed by atoms with E-state index in [2.05, 4.69) is 4.74 Å². The lowest BCUT2D eigenvalue weighted by molar-refractivity contribution is -0.216. The van der Waals surface area contributed by atoms with E-state index in [1.807, 2.05) is 4.90 Å². The van der Waals surface area contributed by atoms with Crippen molar-refractivity contribution in [2.45, 2.75) is 80.7 Å². The number of hydrogen-bond acceptors (Lipinski definition) is 8. The van der Waals surface area contributed by atoms with Gasteiger partial charge >= 0.3 is 5.97 Å². The van der Waals surface area contributed by atoms with E-state index < -0.39 is 64.3 Å². The van der Waals surface area contributed by atoms with Crippen molar-refractivity contribution in [3.63, 3.8) is 0 Å². The number of esters is 1. The summed E-state index contributed by atoms with van der Waals surface area (Å²) in [6.45, 7) is -0.859. The Hall–Kier alpha value is -1.56. The van der Waals surface area contributed by atoms with Gasteiger partial charge in [-0.3, -0.25) is 9.35 Å². The van der Waals surface area contributed by atoms with Crippen LogP contribution in [0.1, 0.15) is 44.9 Å². The van der Waals surface area contributed by atoms with Crippen LogP contribution in [0.3, 0.4) is 0 Å². The molecule has 3 aliphatic carbocycles. The van der Waals surface area contributed by atoms with E-state index in [0.29, 0.717) is 6.42 Å². The molecule has 0 aromatic carbocycles. The molecule has 5 aliphatic rings.